The Morgan fingerprint density at radius 1 is 1.35 bits per heavy atom. The molecule has 0 unspecified atom stereocenters. The van der Waals surface area contributed by atoms with Crippen LogP contribution in [-0.2, 0) is 7.05 Å². The lowest BCUT2D eigenvalue weighted by Crippen LogP contribution is -2.27. The third kappa shape index (κ3) is 2.52. The largest absolute Gasteiger partial charge is 0.497 e. The van der Waals surface area contributed by atoms with Gasteiger partial charge in [-0.3, -0.25) is 9.48 Å². The Labute approximate surface area is 117 Å². The third-order valence-corrected chi connectivity index (χ3v) is 3.41. The molecule has 0 saturated heterocycles. The number of aryl methyl sites for hydroxylation is 1. The Kier molecular flexibility index (Phi) is 3.18. The molecule has 1 fully saturated rings. The summed E-state index contributed by atoms with van der Waals surface area (Å²) in [6, 6.07) is 9.80. The Morgan fingerprint density at radius 2 is 2.05 bits per heavy atom. The number of carbonyl (C=O) groups is 1. The van der Waals surface area contributed by atoms with E-state index in [1.165, 1.54) is 0 Å². The van der Waals surface area contributed by atoms with Crippen molar-refractivity contribution in [1.82, 2.24) is 15.1 Å². The standard InChI is InChI=1S/C15H17N3O2/c1-18-14(15(19)16-11-5-6-11)9-13(17-18)10-3-7-12(20-2)8-4-10/h3-4,7-9,11H,5-6H2,1-2H3,(H,16,19). The first-order valence-corrected chi connectivity index (χ1v) is 6.66. The molecule has 0 radical (unpaired) electrons. The maximum atomic E-state index is 12.1. The highest BCUT2D eigenvalue weighted by atomic mass is 16.5. The summed E-state index contributed by atoms with van der Waals surface area (Å²) in [6.07, 6.45) is 2.16. The highest BCUT2D eigenvalue weighted by Gasteiger charge is 2.25. The van der Waals surface area contributed by atoms with E-state index in [0.29, 0.717) is 11.7 Å². The Hall–Kier alpha value is -2.30. The van der Waals surface area contributed by atoms with Gasteiger partial charge >= 0.3 is 0 Å². The van der Waals surface area contributed by atoms with Gasteiger partial charge < -0.3 is 10.1 Å². The van der Waals surface area contributed by atoms with Crippen LogP contribution in [0.4, 0.5) is 0 Å². The molecule has 3 rings (SSSR count). The van der Waals surface area contributed by atoms with E-state index in [1.54, 1.807) is 18.8 Å². The quantitative estimate of drug-likeness (QED) is 0.925. The average molecular weight is 271 g/mol. The summed E-state index contributed by atoms with van der Waals surface area (Å²) < 4.78 is 6.76. The third-order valence-electron chi connectivity index (χ3n) is 3.41. The van der Waals surface area contributed by atoms with Crippen LogP contribution in [-0.4, -0.2) is 28.8 Å². The zero-order valence-corrected chi connectivity index (χ0v) is 11.6. The van der Waals surface area contributed by atoms with Crippen molar-refractivity contribution in [3.05, 3.63) is 36.0 Å². The number of nitrogens with one attached hydrogen (secondary N) is 1. The fraction of sp³-hybridized carbons (Fsp3) is 0.333. The van der Waals surface area contributed by atoms with Gasteiger partial charge in [-0.2, -0.15) is 5.10 Å². The summed E-state index contributed by atoms with van der Waals surface area (Å²) >= 11 is 0. The van der Waals surface area contributed by atoms with E-state index in [1.807, 2.05) is 30.3 Å². The van der Waals surface area contributed by atoms with Crippen LogP contribution in [0.15, 0.2) is 30.3 Å². The van der Waals surface area contributed by atoms with Crippen LogP contribution in [0.5, 0.6) is 5.75 Å². The molecule has 1 heterocycles. The molecule has 2 aromatic rings. The van der Waals surface area contributed by atoms with E-state index in [9.17, 15) is 4.79 Å². The smallest absolute Gasteiger partial charge is 0.269 e. The van der Waals surface area contributed by atoms with Crippen LogP contribution < -0.4 is 10.1 Å². The topological polar surface area (TPSA) is 56.1 Å². The number of aromatic nitrogens is 2. The van der Waals surface area contributed by atoms with Crippen molar-refractivity contribution in [1.29, 1.82) is 0 Å². The molecule has 0 atom stereocenters. The first-order valence-electron chi connectivity index (χ1n) is 6.66. The van der Waals surface area contributed by atoms with Gasteiger partial charge in [0.2, 0.25) is 0 Å². The predicted molar refractivity (Wildman–Crippen MR) is 75.7 cm³/mol. The fourth-order valence-corrected chi connectivity index (χ4v) is 2.07. The van der Waals surface area contributed by atoms with Gasteiger partial charge in [-0.15, -0.1) is 0 Å². The summed E-state index contributed by atoms with van der Waals surface area (Å²) in [5.74, 6) is 0.749. The van der Waals surface area contributed by atoms with Gasteiger partial charge in [-0.05, 0) is 43.2 Å². The van der Waals surface area contributed by atoms with Crippen LogP contribution in [0.2, 0.25) is 0 Å². The first kappa shape index (κ1) is 12.7. The molecule has 1 aromatic carbocycles. The molecule has 1 aliphatic carbocycles. The van der Waals surface area contributed by atoms with Crippen LogP contribution in [0.3, 0.4) is 0 Å². The van der Waals surface area contributed by atoms with Crippen molar-refractivity contribution in [3.8, 4) is 17.0 Å². The molecule has 0 spiro atoms. The zero-order valence-electron chi connectivity index (χ0n) is 11.6. The molecule has 1 aromatic heterocycles. The van der Waals surface area contributed by atoms with Crippen LogP contribution in [0.1, 0.15) is 23.3 Å². The SMILES string of the molecule is COc1ccc(-c2cc(C(=O)NC3CC3)n(C)n2)cc1. The molecule has 1 saturated carbocycles. The van der Waals surface area contributed by atoms with Crippen LogP contribution in [0, 0.1) is 0 Å². The second-order valence-electron chi connectivity index (χ2n) is 5.01. The molecule has 20 heavy (non-hydrogen) atoms. The Balaban J connectivity index is 1.84. The van der Waals surface area contributed by atoms with Gasteiger partial charge in [0.15, 0.2) is 0 Å². The van der Waals surface area contributed by atoms with Crippen molar-refractivity contribution >= 4 is 5.91 Å². The lowest BCUT2D eigenvalue weighted by atomic mass is 10.1. The number of rotatable bonds is 4. The van der Waals surface area contributed by atoms with Crippen molar-refractivity contribution in [3.63, 3.8) is 0 Å². The van der Waals surface area contributed by atoms with Gasteiger partial charge in [-0.25, -0.2) is 0 Å². The summed E-state index contributed by atoms with van der Waals surface area (Å²) in [6.45, 7) is 0. The molecule has 5 heteroatoms. The van der Waals surface area contributed by atoms with Gasteiger partial charge in [0.25, 0.3) is 5.91 Å². The summed E-state index contributed by atoms with van der Waals surface area (Å²) in [7, 11) is 3.42. The Morgan fingerprint density at radius 3 is 2.65 bits per heavy atom. The number of hydrogen-bond donors (Lipinski definition) is 1. The summed E-state index contributed by atoms with van der Waals surface area (Å²) in [4.78, 5) is 12.1. The summed E-state index contributed by atoms with van der Waals surface area (Å²) in [5.41, 5.74) is 2.34. The van der Waals surface area contributed by atoms with E-state index in [0.717, 1.165) is 29.8 Å². The number of methoxy groups -OCH3 is 1. The van der Waals surface area contributed by atoms with E-state index < -0.39 is 0 Å². The van der Waals surface area contributed by atoms with Crippen molar-refractivity contribution < 1.29 is 9.53 Å². The molecule has 1 amide bonds. The molecule has 1 aliphatic rings. The van der Waals surface area contributed by atoms with Crippen molar-refractivity contribution in [2.45, 2.75) is 18.9 Å². The molecular weight excluding hydrogens is 254 g/mol. The van der Waals surface area contributed by atoms with Crippen molar-refractivity contribution in [2.75, 3.05) is 7.11 Å². The van der Waals surface area contributed by atoms with E-state index in [2.05, 4.69) is 10.4 Å². The number of amides is 1. The molecule has 0 bridgehead atoms. The van der Waals surface area contributed by atoms with E-state index in [4.69, 9.17) is 4.74 Å². The number of benzene rings is 1. The fourth-order valence-electron chi connectivity index (χ4n) is 2.07. The second kappa shape index (κ2) is 5.00. The van der Waals surface area contributed by atoms with Gasteiger partial charge in [0, 0.05) is 18.7 Å². The average Bonchev–Trinajstić information content (AvgIpc) is 3.18. The lowest BCUT2D eigenvalue weighted by Gasteiger charge is -2.01. The molecule has 5 nitrogen and oxygen atoms in total. The van der Waals surface area contributed by atoms with Gasteiger partial charge in [-0.1, -0.05) is 0 Å². The second-order valence-corrected chi connectivity index (χ2v) is 5.01. The molecule has 1 N–H and O–H groups in total. The maximum absolute atomic E-state index is 12.1. The molecule has 0 aliphatic heterocycles. The number of nitrogens with zero attached hydrogens (tertiary/aromatic N) is 2. The lowest BCUT2D eigenvalue weighted by molar-refractivity contribution is 0.0941. The summed E-state index contributed by atoms with van der Waals surface area (Å²) in [5, 5.41) is 7.37. The Bertz CT molecular complexity index is 627. The van der Waals surface area contributed by atoms with Crippen molar-refractivity contribution in [2.24, 2.45) is 7.05 Å². The maximum Gasteiger partial charge on any atom is 0.269 e. The highest BCUT2D eigenvalue weighted by Crippen LogP contribution is 2.23. The monoisotopic (exact) mass is 271 g/mol. The van der Waals surface area contributed by atoms with Gasteiger partial charge in [0.05, 0.1) is 12.8 Å². The van der Waals surface area contributed by atoms with E-state index >= 15 is 0 Å². The number of ether oxygens (including phenoxy) is 1. The first-order chi connectivity index (χ1) is 9.67. The number of hydrogen-bond acceptors (Lipinski definition) is 3. The molecule has 104 valence electrons. The minimum Gasteiger partial charge on any atom is -0.497 e. The minimum absolute atomic E-state index is 0.0535. The highest BCUT2D eigenvalue weighted by molar-refractivity contribution is 5.94. The normalized spacial score (nSPS) is 14.1. The predicted octanol–water partition coefficient (Wildman–Crippen LogP) is 1.99. The minimum atomic E-state index is -0.0535. The van der Waals surface area contributed by atoms with Crippen LogP contribution >= 0.6 is 0 Å². The van der Waals surface area contributed by atoms with Gasteiger partial charge in [0.1, 0.15) is 11.4 Å². The number of carbonyl (C=O) groups excluding carboxylic acids is 1. The zero-order chi connectivity index (χ0) is 14.1. The molecular formula is C15H17N3O2. The van der Waals surface area contributed by atoms with Crippen LogP contribution in [0.25, 0.3) is 11.3 Å². The van der Waals surface area contributed by atoms with E-state index in [-0.39, 0.29) is 5.91 Å².